The fourth-order valence-corrected chi connectivity index (χ4v) is 2.97. The van der Waals surface area contributed by atoms with Gasteiger partial charge in [-0.25, -0.2) is 4.99 Å². The Morgan fingerprint density at radius 3 is 2.92 bits per heavy atom. The summed E-state index contributed by atoms with van der Waals surface area (Å²) in [6, 6.07) is 4.17. The molecule has 0 unspecified atom stereocenters. The molecule has 0 aliphatic heterocycles. The maximum atomic E-state index is 4.65. The first-order valence-corrected chi connectivity index (χ1v) is 10.0. The fraction of sp³-hybridized carbons (Fsp3) is 0.533. The highest BCUT2D eigenvalue weighted by Gasteiger charge is 2.03. The average molecular weight is 480 g/mol. The molecule has 2 N–H and O–H groups in total. The Morgan fingerprint density at radius 1 is 1.38 bits per heavy atom. The standard InChI is InChI=1S/C15H24N6S2.HI/c1-3-14-20-19-12-21(14)8-6-16-15(17-7-10-22-2)18-11-13-5-4-9-23-13;/h4-5,9,12H,3,6-8,10-11H2,1-2H3,(H2,16,17,18);1H. The zero-order valence-electron chi connectivity index (χ0n) is 14.1. The van der Waals surface area contributed by atoms with E-state index in [9.17, 15) is 0 Å². The minimum atomic E-state index is 0. The molecule has 6 nitrogen and oxygen atoms in total. The van der Waals surface area contributed by atoms with Crippen LogP contribution in [0.1, 0.15) is 17.6 Å². The second-order valence-electron chi connectivity index (χ2n) is 4.88. The van der Waals surface area contributed by atoms with Crippen LogP contribution in [0.5, 0.6) is 0 Å². The number of thiophene rings is 1. The number of hydrogen-bond donors (Lipinski definition) is 2. The van der Waals surface area contributed by atoms with Gasteiger partial charge < -0.3 is 15.2 Å². The zero-order chi connectivity index (χ0) is 16.3. The third kappa shape index (κ3) is 7.39. The van der Waals surface area contributed by atoms with E-state index in [2.05, 4.69) is 61.1 Å². The molecule has 0 atom stereocenters. The van der Waals surface area contributed by atoms with E-state index in [1.807, 2.05) is 11.8 Å². The lowest BCUT2D eigenvalue weighted by atomic mass is 10.4. The van der Waals surface area contributed by atoms with Crippen molar-refractivity contribution >= 4 is 53.0 Å². The van der Waals surface area contributed by atoms with Crippen molar-refractivity contribution in [1.82, 2.24) is 25.4 Å². The quantitative estimate of drug-likeness (QED) is 0.250. The van der Waals surface area contributed by atoms with Gasteiger partial charge in [-0.15, -0.1) is 45.5 Å². The number of aliphatic imine (C=N–C) groups is 1. The topological polar surface area (TPSA) is 67.1 Å². The predicted octanol–water partition coefficient (Wildman–Crippen LogP) is 2.62. The van der Waals surface area contributed by atoms with Gasteiger partial charge in [-0.2, -0.15) is 11.8 Å². The molecular formula is C15H25IN6S2. The summed E-state index contributed by atoms with van der Waals surface area (Å²) < 4.78 is 2.08. The molecule has 0 saturated heterocycles. The number of nitrogens with zero attached hydrogens (tertiary/aromatic N) is 4. The normalized spacial score (nSPS) is 11.2. The smallest absolute Gasteiger partial charge is 0.191 e. The number of halogens is 1. The summed E-state index contributed by atoms with van der Waals surface area (Å²) in [7, 11) is 0. The van der Waals surface area contributed by atoms with E-state index >= 15 is 0 Å². The number of rotatable bonds is 9. The van der Waals surface area contributed by atoms with Gasteiger partial charge in [0, 0.05) is 36.7 Å². The van der Waals surface area contributed by atoms with Crippen molar-refractivity contribution in [2.75, 3.05) is 25.1 Å². The van der Waals surface area contributed by atoms with E-state index in [1.54, 1.807) is 17.7 Å². The van der Waals surface area contributed by atoms with Crippen LogP contribution in [0, 0.1) is 0 Å². The lowest BCUT2D eigenvalue weighted by Crippen LogP contribution is -2.40. The number of aryl methyl sites for hydroxylation is 1. The molecule has 9 heteroatoms. The predicted molar refractivity (Wildman–Crippen MR) is 115 cm³/mol. The molecule has 0 fully saturated rings. The van der Waals surface area contributed by atoms with E-state index in [4.69, 9.17) is 0 Å². The van der Waals surface area contributed by atoms with Crippen molar-refractivity contribution in [3.05, 3.63) is 34.5 Å². The highest BCUT2D eigenvalue weighted by Crippen LogP contribution is 2.09. The molecule has 0 amide bonds. The highest BCUT2D eigenvalue weighted by molar-refractivity contribution is 14.0. The Morgan fingerprint density at radius 2 is 2.21 bits per heavy atom. The van der Waals surface area contributed by atoms with Crippen molar-refractivity contribution in [1.29, 1.82) is 0 Å². The van der Waals surface area contributed by atoms with Gasteiger partial charge in [-0.3, -0.25) is 0 Å². The zero-order valence-corrected chi connectivity index (χ0v) is 18.0. The molecule has 2 aromatic heterocycles. The Balaban J connectivity index is 0.00000288. The Hall–Kier alpha value is -0.810. The van der Waals surface area contributed by atoms with E-state index in [-0.39, 0.29) is 24.0 Å². The lowest BCUT2D eigenvalue weighted by molar-refractivity contribution is 0.633. The molecule has 24 heavy (non-hydrogen) atoms. The number of thioether (sulfide) groups is 1. The fourth-order valence-electron chi connectivity index (χ4n) is 2.04. The van der Waals surface area contributed by atoms with Crippen molar-refractivity contribution in [2.45, 2.75) is 26.4 Å². The monoisotopic (exact) mass is 480 g/mol. The largest absolute Gasteiger partial charge is 0.356 e. The summed E-state index contributed by atoms with van der Waals surface area (Å²) in [4.78, 5) is 5.92. The number of guanidine groups is 1. The van der Waals surface area contributed by atoms with Gasteiger partial charge in [-0.05, 0) is 17.7 Å². The molecular weight excluding hydrogens is 455 g/mol. The van der Waals surface area contributed by atoms with Crippen LogP contribution in [0.2, 0.25) is 0 Å². The molecule has 0 saturated carbocycles. The van der Waals surface area contributed by atoms with Crippen LogP contribution in [-0.2, 0) is 19.5 Å². The van der Waals surface area contributed by atoms with E-state index in [1.165, 1.54) is 4.88 Å². The summed E-state index contributed by atoms with van der Waals surface area (Å²) in [5.74, 6) is 2.93. The second-order valence-corrected chi connectivity index (χ2v) is 6.90. The van der Waals surface area contributed by atoms with Gasteiger partial charge in [0.2, 0.25) is 0 Å². The summed E-state index contributed by atoms with van der Waals surface area (Å²) in [5, 5.41) is 16.9. The van der Waals surface area contributed by atoms with Gasteiger partial charge in [0.25, 0.3) is 0 Å². The molecule has 0 aliphatic rings. The van der Waals surface area contributed by atoms with Crippen molar-refractivity contribution in [3.63, 3.8) is 0 Å². The third-order valence-electron chi connectivity index (χ3n) is 3.23. The average Bonchev–Trinajstić information content (AvgIpc) is 3.23. The van der Waals surface area contributed by atoms with Crippen molar-refractivity contribution in [3.8, 4) is 0 Å². The first-order valence-electron chi connectivity index (χ1n) is 7.73. The van der Waals surface area contributed by atoms with Crippen LogP contribution < -0.4 is 10.6 Å². The first kappa shape index (κ1) is 21.2. The van der Waals surface area contributed by atoms with Gasteiger partial charge in [0.05, 0.1) is 6.54 Å². The van der Waals surface area contributed by atoms with Gasteiger partial charge in [0.15, 0.2) is 5.96 Å². The first-order chi connectivity index (χ1) is 11.3. The van der Waals surface area contributed by atoms with Crippen LogP contribution in [0.3, 0.4) is 0 Å². The Bertz CT molecular complexity index is 585. The van der Waals surface area contributed by atoms with Gasteiger partial charge in [0.1, 0.15) is 12.2 Å². The minimum Gasteiger partial charge on any atom is -0.356 e. The molecule has 0 aromatic carbocycles. The van der Waals surface area contributed by atoms with Gasteiger partial charge in [-0.1, -0.05) is 13.0 Å². The maximum absolute atomic E-state index is 4.65. The van der Waals surface area contributed by atoms with Gasteiger partial charge >= 0.3 is 0 Å². The Kier molecular flexibility index (Phi) is 11.1. The second kappa shape index (κ2) is 12.5. The minimum absolute atomic E-state index is 0. The van der Waals surface area contributed by atoms with E-state index < -0.39 is 0 Å². The molecule has 0 spiro atoms. The van der Waals surface area contributed by atoms with Crippen LogP contribution in [-0.4, -0.2) is 45.8 Å². The third-order valence-corrected chi connectivity index (χ3v) is 4.70. The molecule has 0 aliphatic carbocycles. The number of nitrogens with one attached hydrogen (secondary N) is 2. The maximum Gasteiger partial charge on any atom is 0.191 e. The number of hydrogen-bond acceptors (Lipinski definition) is 5. The molecule has 0 radical (unpaired) electrons. The highest BCUT2D eigenvalue weighted by atomic mass is 127. The molecule has 2 aromatic rings. The van der Waals surface area contributed by atoms with Crippen LogP contribution in [0.25, 0.3) is 0 Å². The molecule has 2 rings (SSSR count). The molecule has 2 heterocycles. The summed E-state index contributed by atoms with van der Waals surface area (Å²) in [5.41, 5.74) is 0. The summed E-state index contributed by atoms with van der Waals surface area (Å²) >= 11 is 3.56. The van der Waals surface area contributed by atoms with Crippen molar-refractivity contribution < 1.29 is 0 Å². The van der Waals surface area contributed by atoms with Crippen LogP contribution >= 0.6 is 47.1 Å². The van der Waals surface area contributed by atoms with E-state index in [0.29, 0.717) is 6.54 Å². The SMILES string of the molecule is CCc1nncn1CCNC(=NCc1cccs1)NCCSC.I. The van der Waals surface area contributed by atoms with Crippen LogP contribution in [0.15, 0.2) is 28.8 Å². The van der Waals surface area contributed by atoms with Crippen molar-refractivity contribution in [2.24, 2.45) is 4.99 Å². The molecule has 0 bridgehead atoms. The summed E-state index contributed by atoms with van der Waals surface area (Å²) in [6.45, 7) is 5.33. The molecule has 134 valence electrons. The lowest BCUT2D eigenvalue weighted by Gasteiger charge is -2.13. The van der Waals surface area contributed by atoms with Crippen LogP contribution in [0.4, 0.5) is 0 Å². The Labute approximate surface area is 169 Å². The van der Waals surface area contributed by atoms with E-state index in [0.717, 1.165) is 43.6 Å². The summed E-state index contributed by atoms with van der Waals surface area (Å²) in [6.07, 6.45) is 4.78. The number of aromatic nitrogens is 3.